The van der Waals surface area contributed by atoms with Crippen LogP contribution in [0.5, 0.6) is 0 Å². The van der Waals surface area contributed by atoms with E-state index in [1.54, 1.807) is 11.6 Å². The predicted molar refractivity (Wildman–Crippen MR) is 63.5 cm³/mol. The standard InChI is InChI=1S/C11H10N2O2S/c1-7(14)4-11(15)13-8-2-3-9-10(5-8)16-6-12-9/h2-3,5-6H,4H2,1H3,(H,13,15). The maximum atomic E-state index is 11.4. The van der Waals surface area contributed by atoms with Gasteiger partial charge in [-0.2, -0.15) is 0 Å². The number of hydrogen-bond donors (Lipinski definition) is 1. The van der Waals surface area contributed by atoms with Crippen molar-refractivity contribution in [2.45, 2.75) is 13.3 Å². The van der Waals surface area contributed by atoms with Crippen LogP contribution in [-0.4, -0.2) is 16.7 Å². The molecule has 0 saturated carbocycles. The fourth-order valence-electron chi connectivity index (χ4n) is 1.36. The molecule has 0 fully saturated rings. The van der Waals surface area contributed by atoms with Crippen molar-refractivity contribution in [3.05, 3.63) is 23.7 Å². The minimum Gasteiger partial charge on any atom is -0.326 e. The molecule has 0 saturated heterocycles. The number of nitrogens with zero attached hydrogens (tertiary/aromatic N) is 1. The molecule has 1 aromatic heterocycles. The summed E-state index contributed by atoms with van der Waals surface area (Å²) in [5.41, 5.74) is 3.36. The SMILES string of the molecule is CC(=O)CC(=O)Nc1ccc2ncsc2c1. The van der Waals surface area contributed by atoms with Gasteiger partial charge >= 0.3 is 0 Å². The predicted octanol–water partition coefficient (Wildman–Crippen LogP) is 2.21. The van der Waals surface area contributed by atoms with E-state index < -0.39 is 0 Å². The molecule has 1 aromatic carbocycles. The van der Waals surface area contributed by atoms with Crippen LogP contribution in [0, 0.1) is 0 Å². The maximum absolute atomic E-state index is 11.4. The molecule has 2 rings (SSSR count). The van der Waals surface area contributed by atoms with E-state index in [9.17, 15) is 9.59 Å². The third-order valence-electron chi connectivity index (χ3n) is 2.02. The van der Waals surface area contributed by atoms with E-state index in [2.05, 4.69) is 10.3 Å². The van der Waals surface area contributed by atoms with Crippen molar-refractivity contribution >= 4 is 38.9 Å². The fraction of sp³-hybridized carbons (Fsp3) is 0.182. The van der Waals surface area contributed by atoms with Crippen molar-refractivity contribution in [2.24, 2.45) is 0 Å². The number of hydrogen-bond acceptors (Lipinski definition) is 4. The summed E-state index contributed by atoms with van der Waals surface area (Å²) < 4.78 is 1.01. The van der Waals surface area contributed by atoms with Gasteiger partial charge in [0.25, 0.3) is 0 Å². The molecule has 0 aliphatic carbocycles. The van der Waals surface area contributed by atoms with Crippen molar-refractivity contribution in [3.63, 3.8) is 0 Å². The second-order valence-electron chi connectivity index (χ2n) is 3.46. The number of ketones is 1. The smallest absolute Gasteiger partial charge is 0.231 e. The molecule has 1 amide bonds. The lowest BCUT2D eigenvalue weighted by atomic mass is 10.2. The van der Waals surface area contributed by atoms with Crippen molar-refractivity contribution in [2.75, 3.05) is 5.32 Å². The van der Waals surface area contributed by atoms with Gasteiger partial charge in [0.2, 0.25) is 5.91 Å². The molecule has 0 aliphatic heterocycles. The summed E-state index contributed by atoms with van der Waals surface area (Å²) in [6, 6.07) is 5.47. The first-order valence-corrected chi connectivity index (χ1v) is 5.65. The Morgan fingerprint density at radius 1 is 1.44 bits per heavy atom. The Morgan fingerprint density at radius 2 is 2.25 bits per heavy atom. The quantitative estimate of drug-likeness (QED) is 0.828. The van der Waals surface area contributed by atoms with E-state index in [1.807, 2.05) is 12.1 Å². The van der Waals surface area contributed by atoms with Crippen LogP contribution < -0.4 is 5.32 Å². The molecule has 4 nitrogen and oxygen atoms in total. The van der Waals surface area contributed by atoms with Gasteiger partial charge in [0, 0.05) is 5.69 Å². The Hall–Kier alpha value is -1.75. The number of carbonyl (C=O) groups excluding carboxylic acids is 2. The number of nitrogens with one attached hydrogen (secondary N) is 1. The zero-order chi connectivity index (χ0) is 11.5. The number of anilines is 1. The van der Waals surface area contributed by atoms with Crippen LogP contribution in [-0.2, 0) is 9.59 Å². The Kier molecular flexibility index (Phi) is 2.96. The molecule has 2 aromatic rings. The summed E-state index contributed by atoms with van der Waals surface area (Å²) in [5, 5.41) is 2.67. The molecular weight excluding hydrogens is 224 g/mol. The van der Waals surface area contributed by atoms with E-state index in [0.717, 1.165) is 10.2 Å². The lowest BCUT2D eigenvalue weighted by molar-refractivity contribution is -0.124. The van der Waals surface area contributed by atoms with Gasteiger partial charge in [-0.25, -0.2) is 4.98 Å². The number of fused-ring (bicyclic) bond motifs is 1. The normalized spacial score (nSPS) is 10.3. The number of amides is 1. The monoisotopic (exact) mass is 234 g/mol. The number of carbonyl (C=O) groups is 2. The molecule has 1 N–H and O–H groups in total. The van der Waals surface area contributed by atoms with E-state index in [4.69, 9.17) is 0 Å². The van der Waals surface area contributed by atoms with Gasteiger partial charge in [0.05, 0.1) is 22.1 Å². The molecule has 16 heavy (non-hydrogen) atoms. The van der Waals surface area contributed by atoms with Crippen molar-refractivity contribution < 1.29 is 9.59 Å². The number of Topliss-reactive ketones (excluding diaryl/α,β-unsaturated/α-hetero) is 1. The third-order valence-corrected chi connectivity index (χ3v) is 2.82. The number of thiazole rings is 1. The van der Waals surface area contributed by atoms with Crippen LogP contribution in [0.15, 0.2) is 23.7 Å². The van der Waals surface area contributed by atoms with E-state index in [-0.39, 0.29) is 18.1 Å². The van der Waals surface area contributed by atoms with Gasteiger partial charge in [-0.05, 0) is 25.1 Å². The van der Waals surface area contributed by atoms with Gasteiger partial charge in [0.1, 0.15) is 5.78 Å². The molecule has 0 unspecified atom stereocenters. The maximum Gasteiger partial charge on any atom is 0.231 e. The molecule has 0 aliphatic rings. The van der Waals surface area contributed by atoms with E-state index in [1.165, 1.54) is 18.3 Å². The zero-order valence-corrected chi connectivity index (χ0v) is 9.50. The van der Waals surface area contributed by atoms with Crippen LogP contribution in [0.25, 0.3) is 10.2 Å². The summed E-state index contributed by atoms with van der Waals surface area (Å²) in [5.74, 6) is -0.423. The highest BCUT2D eigenvalue weighted by Crippen LogP contribution is 2.21. The van der Waals surface area contributed by atoms with Crippen LogP contribution in [0.2, 0.25) is 0 Å². The first-order valence-electron chi connectivity index (χ1n) is 4.78. The second-order valence-corrected chi connectivity index (χ2v) is 4.35. The Labute approximate surface area is 96.3 Å². The summed E-state index contributed by atoms with van der Waals surface area (Å²) in [6.45, 7) is 1.39. The zero-order valence-electron chi connectivity index (χ0n) is 8.69. The highest BCUT2D eigenvalue weighted by Gasteiger charge is 2.06. The molecular formula is C11H10N2O2S. The average Bonchev–Trinajstić information content (AvgIpc) is 2.63. The first kappa shape index (κ1) is 10.8. The van der Waals surface area contributed by atoms with Gasteiger partial charge in [-0.15, -0.1) is 11.3 Å². The molecule has 0 atom stereocenters. The van der Waals surface area contributed by atoms with Gasteiger partial charge < -0.3 is 5.32 Å². The minimum absolute atomic E-state index is 0.0826. The largest absolute Gasteiger partial charge is 0.326 e. The molecule has 0 radical (unpaired) electrons. The van der Waals surface area contributed by atoms with Crippen LogP contribution >= 0.6 is 11.3 Å². The molecule has 5 heteroatoms. The highest BCUT2D eigenvalue weighted by molar-refractivity contribution is 7.16. The Bertz CT molecular complexity index is 548. The molecule has 0 bridgehead atoms. The number of benzene rings is 1. The summed E-state index contributed by atoms with van der Waals surface area (Å²) >= 11 is 1.51. The summed E-state index contributed by atoms with van der Waals surface area (Å²) in [7, 11) is 0. The highest BCUT2D eigenvalue weighted by atomic mass is 32.1. The van der Waals surface area contributed by atoms with Crippen LogP contribution in [0.3, 0.4) is 0 Å². The lowest BCUT2D eigenvalue weighted by Crippen LogP contribution is -2.14. The first-order chi connectivity index (χ1) is 7.65. The van der Waals surface area contributed by atoms with Crippen LogP contribution in [0.1, 0.15) is 13.3 Å². The Morgan fingerprint density at radius 3 is 3.00 bits per heavy atom. The van der Waals surface area contributed by atoms with Crippen molar-refractivity contribution in [3.8, 4) is 0 Å². The minimum atomic E-state index is -0.281. The van der Waals surface area contributed by atoms with Crippen molar-refractivity contribution in [1.82, 2.24) is 4.98 Å². The number of aromatic nitrogens is 1. The topological polar surface area (TPSA) is 59.1 Å². The molecule has 82 valence electrons. The average molecular weight is 234 g/mol. The van der Waals surface area contributed by atoms with Crippen LogP contribution in [0.4, 0.5) is 5.69 Å². The third kappa shape index (κ3) is 2.43. The number of rotatable bonds is 3. The summed E-state index contributed by atoms with van der Waals surface area (Å²) in [4.78, 5) is 26.2. The van der Waals surface area contributed by atoms with Crippen molar-refractivity contribution in [1.29, 1.82) is 0 Å². The van der Waals surface area contributed by atoms with E-state index in [0.29, 0.717) is 5.69 Å². The molecule has 0 spiro atoms. The van der Waals surface area contributed by atoms with Gasteiger partial charge in [-0.3, -0.25) is 9.59 Å². The fourth-order valence-corrected chi connectivity index (χ4v) is 2.08. The van der Waals surface area contributed by atoms with Gasteiger partial charge in [-0.1, -0.05) is 0 Å². The lowest BCUT2D eigenvalue weighted by Gasteiger charge is -2.03. The van der Waals surface area contributed by atoms with Gasteiger partial charge in [0.15, 0.2) is 0 Å². The second kappa shape index (κ2) is 4.40. The molecule has 1 heterocycles. The summed E-state index contributed by atoms with van der Waals surface area (Å²) in [6.07, 6.45) is -0.0826. The van der Waals surface area contributed by atoms with E-state index >= 15 is 0 Å². The Balaban J connectivity index is 2.14.